The maximum Gasteiger partial charge on any atom is 0.173 e. The first-order chi connectivity index (χ1) is 31.7. The third-order valence-corrected chi connectivity index (χ3v) is 13.7. The number of benzene rings is 9. The number of ether oxygens (including phenoxy) is 2. The van der Waals surface area contributed by atoms with Crippen molar-refractivity contribution in [3.05, 3.63) is 264 Å². The van der Waals surface area contributed by atoms with Crippen LogP contribution in [0.25, 0.3) is 50.1 Å². The number of hydrogen-bond acceptors (Lipinski definition) is 3. The van der Waals surface area contributed by atoms with Crippen molar-refractivity contribution >= 4 is 22.6 Å². The number of allylic oxidation sites excluding steroid dienone is 3. The lowest BCUT2D eigenvalue weighted by molar-refractivity contribution is 0.291. The molecule has 9 aromatic carbocycles. The highest BCUT2D eigenvalue weighted by molar-refractivity contribution is 5.99. The number of rotatable bonds is 6. The Morgan fingerprint density at radius 2 is 0.906 bits per heavy atom. The fraction of sp³-hybridized carbons (Fsp3) is 0.0492. The molecule has 0 aromatic heterocycles. The van der Waals surface area contributed by atoms with Gasteiger partial charge in [-0.25, -0.2) is 0 Å². The molecule has 4 aliphatic rings. The average molecular weight is 820 g/mol. The molecule has 0 saturated heterocycles. The van der Waals surface area contributed by atoms with Gasteiger partial charge in [0.1, 0.15) is 5.76 Å². The highest BCUT2D eigenvalue weighted by Crippen LogP contribution is 2.65. The molecule has 1 spiro atoms. The second kappa shape index (κ2) is 14.5. The van der Waals surface area contributed by atoms with E-state index < -0.39 is 0 Å². The van der Waals surface area contributed by atoms with E-state index in [1.165, 1.54) is 61.2 Å². The zero-order valence-electron chi connectivity index (χ0n) is 35.0. The average Bonchev–Trinajstić information content (AvgIpc) is 3.84. The Balaban J connectivity index is 0.866. The summed E-state index contributed by atoms with van der Waals surface area (Å²) in [7, 11) is 0. The number of hydrogen-bond donors (Lipinski definition) is 0. The second-order valence-corrected chi connectivity index (χ2v) is 17.0. The topological polar surface area (TPSA) is 21.7 Å². The molecule has 0 radical (unpaired) electrons. The van der Waals surface area contributed by atoms with Gasteiger partial charge in [0.15, 0.2) is 17.3 Å². The van der Waals surface area contributed by atoms with Crippen LogP contribution in [-0.2, 0) is 5.41 Å². The fourth-order valence-corrected chi connectivity index (χ4v) is 11.0. The lowest BCUT2D eigenvalue weighted by Crippen LogP contribution is -2.29. The normalized spacial score (nSPS) is 14.7. The van der Waals surface area contributed by atoms with Gasteiger partial charge in [0.25, 0.3) is 0 Å². The molecule has 1 aliphatic heterocycles. The monoisotopic (exact) mass is 819 g/mol. The van der Waals surface area contributed by atoms with Gasteiger partial charge in [0.05, 0.1) is 11.1 Å². The van der Waals surface area contributed by atoms with Crippen molar-refractivity contribution in [2.45, 2.75) is 18.3 Å². The van der Waals surface area contributed by atoms with E-state index in [9.17, 15) is 0 Å². The van der Waals surface area contributed by atoms with Gasteiger partial charge < -0.3 is 14.4 Å². The molecule has 3 nitrogen and oxygen atoms in total. The lowest BCUT2D eigenvalue weighted by atomic mass is 9.68. The molecule has 3 aliphatic carbocycles. The molecule has 13 rings (SSSR count). The first-order valence-corrected chi connectivity index (χ1v) is 22.2. The first-order valence-electron chi connectivity index (χ1n) is 22.2. The van der Waals surface area contributed by atoms with Gasteiger partial charge in [-0.05, 0) is 116 Å². The van der Waals surface area contributed by atoms with E-state index in [-0.39, 0.29) is 5.41 Å². The number of para-hydroxylation sites is 1. The van der Waals surface area contributed by atoms with Crippen molar-refractivity contribution in [1.82, 2.24) is 0 Å². The summed E-state index contributed by atoms with van der Waals surface area (Å²) >= 11 is 0. The molecule has 0 unspecified atom stereocenters. The summed E-state index contributed by atoms with van der Waals surface area (Å²) in [4.78, 5) is 2.37. The molecular weight excluding hydrogens is 779 g/mol. The van der Waals surface area contributed by atoms with E-state index in [1.807, 2.05) is 0 Å². The van der Waals surface area contributed by atoms with Crippen LogP contribution in [0.2, 0.25) is 0 Å². The minimum Gasteiger partial charge on any atom is -0.454 e. The summed E-state index contributed by atoms with van der Waals surface area (Å²) in [5.41, 5.74) is 20.2. The molecule has 3 heteroatoms. The van der Waals surface area contributed by atoms with Crippen molar-refractivity contribution in [3.63, 3.8) is 0 Å². The van der Waals surface area contributed by atoms with E-state index in [1.54, 1.807) is 0 Å². The standard InChI is InChI=1S/C61H41NO2/c1-3-16-40(17-4-1)43-20-15-21-46(38-43)62(55-29-14-10-22-47(55)42-18-5-2-6-19-42)45-33-30-41(31-34-45)44-32-36-56-58(39-44)63-57-37-35-54-59(60(57)64-56)50-25-9-13-28-53(50)61(54)51-26-11-7-23-48(51)49-24-8-12-27-52(49)61/h1-34,36,38-39H,35,37H2. The van der Waals surface area contributed by atoms with Crippen molar-refractivity contribution in [3.8, 4) is 56.0 Å². The fourth-order valence-electron chi connectivity index (χ4n) is 11.0. The summed E-state index contributed by atoms with van der Waals surface area (Å²) in [6.07, 6.45) is 1.64. The van der Waals surface area contributed by atoms with Gasteiger partial charge in [-0.15, -0.1) is 0 Å². The Bertz CT molecular complexity index is 3330. The van der Waals surface area contributed by atoms with E-state index in [4.69, 9.17) is 9.47 Å². The second-order valence-electron chi connectivity index (χ2n) is 17.0. The molecule has 0 fully saturated rings. The van der Waals surface area contributed by atoms with Gasteiger partial charge in [-0.3, -0.25) is 0 Å². The van der Waals surface area contributed by atoms with Crippen LogP contribution < -0.4 is 14.4 Å². The minimum atomic E-state index is -0.360. The zero-order chi connectivity index (χ0) is 42.2. The SMILES string of the molecule is c1ccc(-c2cccc(N(c3ccc(-c4ccc5c(c4)OC4=C(O5)C5=C(CC4)C4(c6ccccc65)c5ccccc5-c5ccccc54)cc3)c3ccccc3-c3ccccc3)c2)cc1. The Kier molecular flexibility index (Phi) is 8.26. The van der Waals surface area contributed by atoms with Crippen LogP contribution in [0.4, 0.5) is 17.1 Å². The van der Waals surface area contributed by atoms with Crippen molar-refractivity contribution in [1.29, 1.82) is 0 Å². The molecular formula is C61H41NO2. The van der Waals surface area contributed by atoms with Crippen molar-refractivity contribution in [2.24, 2.45) is 0 Å². The molecule has 0 saturated carbocycles. The Labute approximate surface area is 373 Å². The van der Waals surface area contributed by atoms with E-state index in [0.717, 1.165) is 69.6 Å². The number of nitrogens with zero attached hydrogens (tertiary/aromatic N) is 1. The molecule has 1 heterocycles. The van der Waals surface area contributed by atoms with Crippen LogP contribution in [0, 0.1) is 0 Å². The zero-order valence-corrected chi connectivity index (χ0v) is 35.0. The molecule has 9 aromatic rings. The van der Waals surface area contributed by atoms with Gasteiger partial charge in [-0.2, -0.15) is 0 Å². The predicted octanol–water partition coefficient (Wildman–Crippen LogP) is 15.7. The molecule has 64 heavy (non-hydrogen) atoms. The van der Waals surface area contributed by atoms with Crippen LogP contribution >= 0.6 is 0 Å². The third-order valence-electron chi connectivity index (χ3n) is 13.7. The van der Waals surface area contributed by atoms with Gasteiger partial charge >= 0.3 is 0 Å². The van der Waals surface area contributed by atoms with Crippen LogP contribution in [0.3, 0.4) is 0 Å². The van der Waals surface area contributed by atoms with Gasteiger partial charge in [0.2, 0.25) is 0 Å². The van der Waals surface area contributed by atoms with Crippen molar-refractivity contribution < 1.29 is 9.47 Å². The molecule has 0 atom stereocenters. The van der Waals surface area contributed by atoms with Gasteiger partial charge in [0, 0.05) is 28.9 Å². The summed E-state index contributed by atoms with van der Waals surface area (Å²) in [6, 6.07) is 80.9. The van der Waals surface area contributed by atoms with Crippen molar-refractivity contribution in [2.75, 3.05) is 4.90 Å². The van der Waals surface area contributed by atoms with Crippen LogP contribution in [0.15, 0.2) is 242 Å². The number of anilines is 3. The maximum absolute atomic E-state index is 7.00. The Morgan fingerprint density at radius 1 is 0.359 bits per heavy atom. The minimum absolute atomic E-state index is 0.360. The molecule has 0 amide bonds. The highest BCUT2D eigenvalue weighted by atomic mass is 16.6. The van der Waals surface area contributed by atoms with Crippen LogP contribution in [0.5, 0.6) is 11.5 Å². The largest absolute Gasteiger partial charge is 0.454 e. The summed E-state index contributed by atoms with van der Waals surface area (Å²) in [5, 5.41) is 0. The van der Waals surface area contributed by atoms with E-state index in [0.29, 0.717) is 0 Å². The van der Waals surface area contributed by atoms with Crippen LogP contribution in [0.1, 0.15) is 35.1 Å². The quantitative estimate of drug-likeness (QED) is 0.167. The first kappa shape index (κ1) is 36.5. The molecule has 302 valence electrons. The summed E-state index contributed by atoms with van der Waals surface area (Å²) in [6.45, 7) is 0. The van der Waals surface area contributed by atoms with Crippen LogP contribution in [-0.4, -0.2) is 0 Å². The maximum atomic E-state index is 7.00. The molecule has 0 N–H and O–H groups in total. The van der Waals surface area contributed by atoms with E-state index >= 15 is 0 Å². The highest BCUT2D eigenvalue weighted by Gasteiger charge is 2.55. The van der Waals surface area contributed by atoms with E-state index in [2.05, 4.69) is 229 Å². The smallest absolute Gasteiger partial charge is 0.173 e. The Hall–Kier alpha value is -8.14. The Morgan fingerprint density at radius 3 is 1.62 bits per heavy atom. The lowest BCUT2D eigenvalue weighted by Gasteiger charge is -2.35. The van der Waals surface area contributed by atoms with Gasteiger partial charge in [-0.1, -0.05) is 182 Å². The third kappa shape index (κ3) is 5.47. The predicted molar refractivity (Wildman–Crippen MR) is 260 cm³/mol. The molecule has 0 bridgehead atoms. The summed E-state index contributed by atoms with van der Waals surface area (Å²) in [5.74, 6) is 3.23. The number of fused-ring (bicyclic) bond motifs is 11. The summed E-state index contributed by atoms with van der Waals surface area (Å²) < 4.78 is 13.9.